The molecular formula is C14H26N4O2S. The van der Waals surface area contributed by atoms with Crippen molar-refractivity contribution in [2.45, 2.75) is 70.5 Å². The van der Waals surface area contributed by atoms with Gasteiger partial charge in [-0.1, -0.05) is 27.2 Å². The molecule has 120 valence electrons. The quantitative estimate of drug-likeness (QED) is 0.745. The molecule has 0 aliphatic heterocycles. The highest BCUT2D eigenvalue weighted by Crippen LogP contribution is 2.27. The summed E-state index contributed by atoms with van der Waals surface area (Å²) >= 11 is 0. The molecule has 0 spiro atoms. The summed E-state index contributed by atoms with van der Waals surface area (Å²) in [5.41, 5.74) is 1.15. The lowest BCUT2D eigenvalue weighted by molar-refractivity contribution is 0.475. The van der Waals surface area contributed by atoms with Crippen LogP contribution in [0.3, 0.4) is 0 Å². The third-order valence-electron chi connectivity index (χ3n) is 4.08. The molecule has 1 fully saturated rings. The molecule has 2 rings (SSSR count). The molecule has 1 saturated carbocycles. The molecule has 0 bridgehead atoms. The summed E-state index contributed by atoms with van der Waals surface area (Å²) in [6.45, 7) is 8.33. The third-order valence-corrected chi connectivity index (χ3v) is 5.77. The van der Waals surface area contributed by atoms with E-state index in [9.17, 15) is 8.42 Å². The van der Waals surface area contributed by atoms with Gasteiger partial charge in [0.2, 0.25) is 10.0 Å². The summed E-state index contributed by atoms with van der Waals surface area (Å²) in [7, 11) is -3.53. The summed E-state index contributed by atoms with van der Waals surface area (Å²) in [4.78, 5) is 0.301. The van der Waals surface area contributed by atoms with Crippen molar-refractivity contribution in [1.29, 1.82) is 0 Å². The van der Waals surface area contributed by atoms with Crippen LogP contribution >= 0.6 is 0 Å². The van der Waals surface area contributed by atoms with Crippen LogP contribution in [-0.2, 0) is 16.6 Å². The van der Waals surface area contributed by atoms with Gasteiger partial charge < -0.3 is 5.32 Å². The van der Waals surface area contributed by atoms with Gasteiger partial charge in [-0.25, -0.2) is 13.1 Å². The van der Waals surface area contributed by atoms with E-state index in [0.717, 1.165) is 19.3 Å². The fourth-order valence-corrected chi connectivity index (χ4v) is 4.57. The molecule has 2 atom stereocenters. The van der Waals surface area contributed by atoms with Crippen LogP contribution in [0.15, 0.2) is 4.90 Å². The number of sulfonamides is 1. The average molecular weight is 314 g/mol. The van der Waals surface area contributed by atoms with Crippen LogP contribution < -0.4 is 10.0 Å². The van der Waals surface area contributed by atoms with Gasteiger partial charge in [0, 0.05) is 18.6 Å². The van der Waals surface area contributed by atoms with Crippen LogP contribution in [0.25, 0.3) is 0 Å². The molecule has 7 heteroatoms. The van der Waals surface area contributed by atoms with Crippen molar-refractivity contribution in [2.75, 3.05) is 0 Å². The Morgan fingerprint density at radius 2 is 2.10 bits per heavy atom. The largest absolute Gasteiger partial charge is 0.309 e. The van der Waals surface area contributed by atoms with E-state index >= 15 is 0 Å². The molecule has 2 unspecified atom stereocenters. The van der Waals surface area contributed by atoms with Crippen LogP contribution in [0.4, 0.5) is 0 Å². The zero-order chi connectivity index (χ0) is 15.6. The Labute approximate surface area is 127 Å². The number of aromatic amines is 1. The van der Waals surface area contributed by atoms with Gasteiger partial charge in [-0.15, -0.1) is 0 Å². The smallest absolute Gasteiger partial charge is 0.244 e. The molecule has 0 amide bonds. The van der Waals surface area contributed by atoms with Crippen molar-refractivity contribution < 1.29 is 8.42 Å². The number of hydrogen-bond donors (Lipinski definition) is 3. The molecule has 1 aromatic rings. The Balaban J connectivity index is 2.20. The first-order valence-electron chi connectivity index (χ1n) is 7.61. The van der Waals surface area contributed by atoms with E-state index in [1.54, 1.807) is 6.92 Å². The van der Waals surface area contributed by atoms with Crippen LogP contribution in [0.2, 0.25) is 0 Å². The van der Waals surface area contributed by atoms with E-state index in [1.165, 1.54) is 0 Å². The molecule has 1 aliphatic rings. The summed E-state index contributed by atoms with van der Waals surface area (Å²) in [5.74, 6) is 0.393. The van der Waals surface area contributed by atoms with Crippen molar-refractivity contribution in [3.8, 4) is 0 Å². The zero-order valence-corrected chi connectivity index (χ0v) is 14.0. The Morgan fingerprint density at radius 1 is 1.38 bits per heavy atom. The van der Waals surface area contributed by atoms with Crippen molar-refractivity contribution in [1.82, 2.24) is 20.2 Å². The minimum Gasteiger partial charge on any atom is -0.309 e. The first-order chi connectivity index (χ1) is 9.81. The van der Waals surface area contributed by atoms with E-state index < -0.39 is 10.0 Å². The highest BCUT2D eigenvalue weighted by Gasteiger charge is 2.31. The Morgan fingerprint density at radius 3 is 2.67 bits per heavy atom. The van der Waals surface area contributed by atoms with Gasteiger partial charge in [0.15, 0.2) is 0 Å². The van der Waals surface area contributed by atoms with Gasteiger partial charge in [0.05, 0.1) is 11.4 Å². The molecule has 1 aromatic heterocycles. The molecule has 0 radical (unpaired) electrons. The number of H-pyrrole nitrogens is 1. The maximum absolute atomic E-state index is 12.7. The fourth-order valence-electron chi connectivity index (χ4n) is 2.83. The maximum Gasteiger partial charge on any atom is 0.244 e. The Hall–Kier alpha value is -0.920. The number of nitrogens with one attached hydrogen (secondary N) is 3. The first-order valence-corrected chi connectivity index (χ1v) is 9.09. The minimum atomic E-state index is -3.53. The Kier molecular flexibility index (Phi) is 5.06. The van der Waals surface area contributed by atoms with E-state index in [4.69, 9.17) is 0 Å². The molecule has 6 nitrogen and oxygen atoms in total. The lowest BCUT2D eigenvalue weighted by Crippen LogP contribution is -2.37. The topological polar surface area (TPSA) is 86.9 Å². The SMILES string of the molecule is Cc1[nH]nc(CNC(C)C)c1S(=O)(=O)NC1CCCC1C. The second-order valence-corrected chi connectivity index (χ2v) is 7.95. The summed E-state index contributed by atoms with van der Waals surface area (Å²) in [6.07, 6.45) is 3.08. The van der Waals surface area contributed by atoms with Crippen LogP contribution in [0.5, 0.6) is 0 Å². The minimum absolute atomic E-state index is 0.0372. The number of rotatable bonds is 6. The lowest BCUT2D eigenvalue weighted by Gasteiger charge is -2.18. The lowest BCUT2D eigenvalue weighted by atomic mass is 10.1. The van der Waals surface area contributed by atoms with Crippen molar-refractivity contribution in [3.05, 3.63) is 11.4 Å². The Bertz CT molecular complexity index is 580. The monoisotopic (exact) mass is 314 g/mol. The molecule has 3 N–H and O–H groups in total. The number of aromatic nitrogens is 2. The highest BCUT2D eigenvalue weighted by atomic mass is 32.2. The number of hydrogen-bond acceptors (Lipinski definition) is 4. The van der Waals surface area contributed by atoms with Crippen LogP contribution in [0.1, 0.15) is 51.4 Å². The van der Waals surface area contributed by atoms with Crippen LogP contribution in [-0.4, -0.2) is 30.7 Å². The van der Waals surface area contributed by atoms with Gasteiger partial charge in [0.25, 0.3) is 0 Å². The molecule has 1 aliphatic carbocycles. The normalized spacial score (nSPS) is 23.1. The second-order valence-electron chi connectivity index (χ2n) is 6.30. The first kappa shape index (κ1) is 16.5. The zero-order valence-electron chi connectivity index (χ0n) is 13.2. The molecule has 21 heavy (non-hydrogen) atoms. The van der Waals surface area contributed by atoms with Crippen molar-refractivity contribution in [3.63, 3.8) is 0 Å². The van der Waals surface area contributed by atoms with Gasteiger partial charge >= 0.3 is 0 Å². The standard InChI is InChI=1S/C14H26N4O2S/c1-9(2)15-8-13-14(11(4)16-17-13)21(19,20)18-12-7-5-6-10(12)3/h9-10,12,15,18H,5-8H2,1-4H3,(H,16,17). The van der Waals surface area contributed by atoms with Gasteiger partial charge in [0.1, 0.15) is 4.90 Å². The molecular weight excluding hydrogens is 288 g/mol. The number of aryl methyl sites for hydroxylation is 1. The van der Waals surface area contributed by atoms with Gasteiger partial charge in [-0.2, -0.15) is 5.10 Å². The van der Waals surface area contributed by atoms with E-state index in [-0.39, 0.29) is 12.1 Å². The average Bonchev–Trinajstić information content (AvgIpc) is 2.94. The second kappa shape index (κ2) is 6.46. The van der Waals surface area contributed by atoms with E-state index in [2.05, 4.69) is 27.2 Å². The fraction of sp³-hybridized carbons (Fsp3) is 0.786. The molecule has 0 saturated heterocycles. The maximum atomic E-state index is 12.7. The summed E-state index contributed by atoms with van der Waals surface area (Å²) in [5, 5.41) is 10.2. The van der Waals surface area contributed by atoms with E-state index in [1.807, 2.05) is 13.8 Å². The van der Waals surface area contributed by atoms with Crippen molar-refractivity contribution in [2.24, 2.45) is 5.92 Å². The summed E-state index contributed by atoms with van der Waals surface area (Å²) < 4.78 is 28.2. The van der Waals surface area contributed by atoms with Crippen molar-refractivity contribution >= 4 is 10.0 Å². The highest BCUT2D eigenvalue weighted by molar-refractivity contribution is 7.89. The van der Waals surface area contributed by atoms with E-state index in [0.29, 0.717) is 28.7 Å². The molecule has 0 aromatic carbocycles. The summed E-state index contributed by atoms with van der Waals surface area (Å²) in [6, 6.07) is 0.315. The van der Waals surface area contributed by atoms with Gasteiger partial charge in [-0.05, 0) is 25.7 Å². The predicted octanol–water partition coefficient (Wildman–Crippen LogP) is 1.68. The third kappa shape index (κ3) is 3.84. The molecule has 1 heterocycles. The van der Waals surface area contributed by atoms with Gasteiger partial charge in [-0.3, -0.25) is 5.10 Å². The number of nitrogens with zero attached hydrogens (tertiary/aromatic N) is 1. The predicted molar refractivity (Wildman–Crippen MR) is 82.4 cm³/mol. The van der Waals surface area contributed by atoms with Crippen LogP contribution in [0, 0.1) is 12.8 Å².